The lowest BCUT2D eigenvalue weighted by atomic mass is 9.89. The van der Waals surface area contributed by atoms with E-state index in [0.29, 0.717) is 11.1 Å². The summed E-state index contributed by atoms with van der Waals surface area (Å²) in [7, 11) is 0. The van der Waals surface area contributed by atoms with Crippen molar-refractivity contribution in [3.63, 3.8) is 0 Å². The average molecular weight is 490 g/mol. The first kappa shape index (κ1) is 22.7. The first-order chi connectivity index (χ1) is 17.2. The van der Waals surface area contributed by atoms with E-state index in [9.17, 15) is 35.1 Å². The third kappa shape index (κ3) is 4.11. The van der Waals surface area contributed by atoms with Crippen molar-refractivity contribution in [1.29, 1.82) is 0 Å². The van der Waals surface area contributed by atoms with E-state index < -0.39 is 29.0 Å². The molecule has 0 fully saturated rings. The van der Waals surface area contributed by atoms with E-state index in [1.54, 1.807) is 12.1 Å². The molecule has 2 aromatic carbocycles. The van der Waals surface area contributed by atoms with Crippen LogP contribution in [0.25, 0.3) is 12.2 Å². The second-order valence-corrected chi connectivity index (χ2v) is 8.10. The van der Waals surface area contributed by atoms with Gasteiger partial charge in [-0.1, -0.05) is 18.2 Å². The lowest BCUT2D eigenvalue weighted by molar-refractivity contribution is 0.208. The maximum absolute atomic E-state index is 13.1. The van der Waals surface area contributed by atoms with Gasteiger partial charge in [0.1, 0.15) is 29.1 Å². The fourth-order valence-electron chi connectivity index (χ4n) is 4.04. The average Bonchev–Trinajstić information content (AvgIpc) is 3.21. The Balaban J connectivity index is 1.61. The number of phenols is 4. The molecule has 0 spiro atoms. The van der Waals surface area contributed by atoms with E-state index >= 15 is 0 Å². The van der Waals surface area contributed by atoms with Crippen LogP contribution in [0.2, 0.25) is 0 Å². The van der Waals surface area contributed by atoms with Crippen molar-refractivity contribution in [1.82, 2.24) is 0 Å². The molecule has 1 aliphatic rings. The van der Waals surface area contributed by atoms with Gasteiger partial charge in [0.05, 0.1) is 17.5 Å². The minimum absolute atomic E-state index is 0.0285. The summed E-state index contributed by atoms with van der Waals surface area (Å²) in [5.41, 5.74) is -0.727. The van der Waals surface area contributed by atoms with Gasteiger partial charge in [0.2, 0.25) is 0 Å². The molecule has 0 saturated heterocycles. The van der Waals surface area contributed by atoms with Crippen LogP contribution in [-0.4, -0.2) is 25.5 Å². The number of hydrogen-bond acceptors (Lipinski definition) is 10. The van der Waals surface area contributed by atoms with Gasteiger partial charge in [0.15, 0.2) is 23.0 Å². The number of ether oxygens (including phenoxy) is 1. The fraction of sp³-hybridized carbons (Fsp3) is 0.0769. The molecule has 10 nitrogen and oxygen atoms in total. The lowest BCUT2D eigenvalue weighted by Crippen LogP contribution is -2.17. The monoisotopic (exact) mass is 490 g/mol. The normalized spacial score (nSPS) is 16.7. The fourth-order valence-corrected chi connectivity index (χ4v) is 4.04. The number of aromatic hydroxyl groups is 5. The van der Waals surface area contributed by atoms with Crippen LogP contribution in [0.5, 0.6) is 34.5 Å². The molecule has 0 aliphatic carbocycles. The van der Waals surface area contributed by atoms with Crippen LogP contribution in [0.15, 0.2) is 73.0 Å². The van der Waals surface area contributed by atoms with Crippen molar-refractivity contribution in [2.24, 2.45) is 0 Å². The smallest absolute Gasteiger partial charge is 0.344 e. The number of benzene rings is 2. The molecule has 5 N–H and O–H groups in total. The molecule has 0 amide bonds. The third-order valence-corrected chi connectivity index (χ3v) is 5.69. The van der Waals surface area contributed by atoms with Crippen LogP contribution in [0.3, 0.4) is 0 Å². The molecule has 36 heavy (non-hydrogen) atoms. The zero-order valence-corrected chi connectivity index (χ0v) is 18.3. The van der Waals surface area contributed by atoms with Crippen molar-refractivity contribution in [2.75, 3.05) is 0 Å². The van der Waals surface area contributed by atoms with Crippen LogP contribution < -0.4 is 16.0 Å². The standard InChI is InChI=1S/C26H18O10/c27-14-9-20(35-22(32)10-14)23-24-21(36-25(23)13-3-6-17(29)19(31)8-13)11-15(34-26(24)33)4-1-12-2-5-16(28)18(30)7-12/h1-11,23,25,27-31H/b4-1+/t23-,25+/m1/s1. The number of rotatable bonds is 4. The summed E-state index contributed by atoms with van der Waals surface area (Å²) in [6.45, 7) is 0. The highest BCUT2D eigenvalue weighted by molar-refractivity contribution is 5.69. The molecule has 3 heterocycles. The summed E-state index contributed by atoms with van der Waals surface area (Å²) in [5.74, 6) is -2.60. The first-order valence-corrected chi connectivity index (χ1v) is 10.6. The molecular weight excluding hydrogens is 472 g/mol. The van der Waals surface area contributed by atoms with Crippen LogP contribution >= 0.6 is 0 Å². The van der Waals surface area contributed by atoms with Crippen molar-refractivity contribution >= 4 is 12.2 Å². The van der Waals surface area contributed by atoms with Crippen LogP contribution in [0.4, 0.5) is 0 Å². The molecule has 1 aliphatic heterocycles. The Bertz CT molecular complexity index is 1630. The lowest BCUT2D eigenvalue weighted by Gasteiger charge is -2.18. The Morgan fingerprint density at radius 1 is 0.722 bits per heavy atom. The van der Waals surface area contributed by atoms with E-state index in [4.69, 9.17) is 13.6 Å². The Morgan fingerprint density at radius 3 is 2.14 bits per heavy atom. The Labute approximate surface area is 201 Å². The number of phenolic OH excluding ortho intramolecular Hbond substituents is 4. The summed E-state index contributed by atoms with van der Waals surface area (Å²) in [6, 6.07) is 11.6. The summed E-state index contributed by atoms with van der Waals surface area (Å²) in [6.07, 6.45) is 2.02. The number of hydrogen-bond donors (Lipinski definition) is 5. The van der Waals surface area contributed by atoms with Crippen LogP contribution in [0, 0.1) is 0 Å². The second kappa shape index (κ2) is 8.58. The predicted octanol–water partition coefficient (Wildman–Crippen LogP) is 3.56. The van der Waals surface area contributed by atoms with Crippen molar-refractivity contribution in [2.45, 2.75) is 12.0 Å². The summed E-state index contributed by atoms with van der Waals surface area (Å²) in [4.78, 5) is 25.0. The predicted molar refractivity (Wildman–Crippen MR) is 125 cm³/mol. The molecule has 0 radical (unpaired) electrons. The second-order valence-electron chi connectivity index (χ2n) is 8.10. The van der Waals surface area contributed by atoms with Crippen LogP contribution in [0.1, 0.15) is 40.2 Å². The quantitative estimate of drug-likeness (QED) is 0.266. The van der Waals surface area contributed by atoms with E-state index in [2.05, 4.69) is 0 Å². The Kier molecular flexibility index (Phi) is 5.40. The van der Waals surface area contributed by atoms with Crippen molar-refractivity contribution in [3.8, 4) is 34.5 Å². The highest BCUT2D eigenvalue weighted by Crippen LogP contribution is 2.49. The molecular formula is C26H18O10. The van der Waals surface area contributed by atoms with E-state index in [1.165, 1.54) is 48.5 Å². The summed E-state index contributed by atoms with van der Waals surface area (Å²) >= 11 is 0. The first-order valence-electron chi connectivity index (χ1n) is 10.6. The molecule has 0 bridgehead atoms. The molecule has 2 aromatic heterocycles. The van der Waals surface area contributed by atoms with Gasteiger partial charge in [0.25, 0.3) is 0 Å². The largest absolute Gasteiger partial charge is 0.508 e. The van der Waals surface area contributed by atoms with Gasteiger partial charge in [-0.05, 0) is 41.5 Å². The third-order valence-electron chi connectivity index (χ3n) is 5.69. The van der Waals surface area contributed by atoms with Gasteiger partial charge in [-0.2, -0.15) is 0 Å². The molecule has 182 valence electrons. The van der Waals surface area contributed by atoms with E-state index in [0.717, 1.165) is 6.07 Å². The Hall–Kier alpha value is -5.12. The van der Waals surface area contributed by atoms with Gasteiger partial charge >= 0.3 is 11.3 Å². The SMILES string of the molecule is O=c1cc(O)cc([C@@H]2c3c(cc(/C=C/c4ccc(O)c(O)c4)oc3=O)O[C@H]2c2ccc(O)c(O)c2)o1. The minimum atomic E-state index is -1.02. The van der Waals surface area contributed by atoms with Gasteiger partial charge in [-0.25, -0.2) is 9.59 Å². The molecule has 2 atom stereocenters. The highest BCUT2D eigenvalue weighted by Gasteiger charge is 2.42. The summed E-state index contributed by atoms with van der Waals surface area (Å²) in [5, 5.41) is 48.8. The maximum atomic E-state index is 13.1. The van der Waals surface area contributed by atoms with Crippen molar-refractivity contribution in [3.05, 3.63) is 104 Å². The molecule has 0 saturated carbocycles. The zero-order chi connectivity index (χ0) is 25.6. The number of fused-ring (bicyclic) bond motifs is 1. The molecule has 0 unspecified atom stereocenters. The topological polar surface area (TPSA) is 171 Å². The highest BCUT2D eigenvalue weighted by atomic mass is 16.5. The van der Waals surface area contributed by atoms with Crippen molar-refractivity contribution < 1.29 is 39.1 Å². The maximum Gasteiger partial charge on any atom is 0.344 e. The zero-order valence-electron chi connectivity index (χ0n) is 18.3. The van der Waals surface area contributed by atoms with Gasteiger partial charge in [-0.3, -0.25) is 0 Å². The van der Waals surface area contributed by atoms with Gasteiger partial charge in [-0.15, -0.1) is 0 Å². The van der Waals surface area contributed by atoms with Gasteiger partial charge < -0.3 is 39.1 Å². The molecule has 4 aromatic rings. The van der Waals surface area contributed by atoms with E-state index in [1.807, 2.05) is 0 Å². The van der Waals surface area contributed by atoms with Gasteiger partial charge in [0, 0.05) is 12.1 Å². The molecule has 5 rings (SSSR count). The summed E-state index contributed by atoms with van der Waals surface area (Å²) < 4.78 is 16.7. The Morgan fingerprint density at radius 2 is 1.44 bits per heavy atom. The van der Waals surface area contributed by atoms with E-state index in [-0.39, 0.29) is 45.8 Å². The minimum Gasteiger partial charge on any atom is -0.508 e. The molecule has 10 heteroatoms. The van der Waals surface area contributed by atoms with Crippen LogP contribution in [-0.2, 0) is 0 Å².